The number of hydrogen-bond acceptors (Lipinski definition) is 2. The molecule has 0 bridgehead atoms. The summed E-state index contributed by atoms with van der Waals surface area (Å²) in [5.74, 6) is -0.235. The monoisotopic (exact) mass is 210 g/mol. The van der Waals surface area contributed by atoms with Gasteiger partial charge in [-0.15, -0.1) is 11.3 Å². The Kier molecular flexibility index (Phi) is 2.09. The summed E-state index contributed by atoms with van der Waals surface area (Å²) in [5.41, 5.74) is -0.00620. The van der Waals surface area contributed by atoms with Gasteiger partial charge in [-0.25, -0.2) is 4.39 Å². The third-order valence-corrected chi connectivity index (χ3v) is 3.14. The van der Waals surface area contributed by atoms with Crippen LogP contribution < -0.4 is 0 Å². The highest BCUT2D eigenvalue weighted by atomic mass is 32.1. The van der Waals surface area contributed by atoms with Gasteiger partial charge in [0.05, 0.1) is 5.60 Å². The standard InChI is InChI=1S/C11H11FOS/c1-11(2,13)9-6-14-10-5-7(12)3-4-8(9)10/h3-6,13H,1-2H3. The molecule has 74 valence electrons. The highest BCUT2D eigenvalue weighted by Crippen LogP contribution is 2.33. The van der Waals surface area contributed by atoms with Crippen molar-refractivity contribution in [3.8, 4) is 0 Å². The van der Waals surface area contributed by atoms with Crippen molar-refractivity contribution >= 4 is 21.4 Å². The van der Waals surface area contributed by atoms with Crippen molar-refractivity contribution in [2.45, 2.75) is 19.4 Å². The third kappa shape index (κ3) is 1.53. The van der Waals surface area contributed by atoms with Crippen LogP contribution in [-0.2, 0) is 5.60 Å². The Morgan fingerprint density at radius 1 is 1.36 bits per heavy atom. The molecule has 0 aliphatic rings. The molecular weight excluding hydrogens is 199 g/mol. The van der Waals surface area contributed by atoms with Crippen LogP contribution in [0.4, 0.5) is 4.39 Å². The summed E-state index contributed by atoms with van der Waals surface area (Å²) in [6.45, 7) is 3.47. The van der Waals surface area contributed by atoms with Crippen molar-refractivity contribution in [3.05, 3.63) is 35.0 Å². The summed E-state index contributed by atoms with van der Waals surface area (Å²) in [6, 6.07) is 4.63. The van der Waals surface area contributed by atoms with Gasteiger partial charge in [0.15, 0.2) is 0 Å². The molecule has 0 saturated carbocycles. The van der Waals surface area contributed by atoms with E-state index in [9.17, 15) is 9.50 Å². The minimum atomic E-state index is -0.865. The van der Waals surface area contributed by atoms with E-state index in [0.29, 0.717) is 0 Å². The molecule has 0 unspecified atom stereocenters. The number of rotatable bonds is 1. The van der Waals surface area contributed by atoms with Gasteiger partial charge < -0.3 is 5.11 Å². The molecule has 0 amide bonds. The maximum atomic E-state index is 12.9. The van der Waals surface area contributed by atoms with E-state index in [1.807, 2.05) is 5.38 Å². The van der Waals surface area contributed by atoms with E-state index < -0.39 is 5.60 Å². The molecule has 0 atom stereocenters. The molecule has 1 aromatic heterocycles. The minimum absolute atomic E-state index is 0.235. The molecule has 1 heterocycles. The zero-order chi connectivity index (χ0) is 10.3. The second-order valence-corrected chi connectivity index (χ2v) is 4.76. The van der Waals surface area contributed by atoms with E-state index in [-0.39, 0.29) is 5.82 Å². The topological polar surface area (TPSA) is 20.2 Å². The van der Waals surface area contributed by atoms with Crippen LogP contribution >= 0.6 is 11.3 Å². The van der Waals surface area contributed by atoms with Gasteiger partial charge in [0.25, 0.3) is 0 Å². The van der Waals surface area contributed by atoms with E-state index in [1.54, 1.807) is 19.9 Å². The molecule has 2 rings (SSSR count). The number of hydrogen-bond donors (Lipinski definition) is 1. The molecule has 14 heavy (non-hydrogen) atoms. The van der Waals surface area contributed by atoms with Crippen molar-refractivity contribution in [2.75, 3.05) is 0 Å². The van der Waals surface area contributed by atoms with Crippen LogP contribution in [0.25, 0.3) is 10.1 Å². The molecule has 0 spiro atoms. The molecule has 0 aliphatic heterocycles. The SMILES string of the molecule is CC(C)(O)c1csc2cc(F)ccc12. The average molecular weight is 210 g/mol. The Morgan fingerprint density at radius 2 is 2.07 bits per heavy atom. The Bertz CT molecular complexity index is 468. The third-order valence-electron chi connectivity index (χ3n) is 2.20. The Morgan fingerprint density at radius 3 is 2.71 bits per heavy atom. The van der Waals surface area contributed by atoms with Crippen molar-refractivity contribution < 1.29 is 9.50 Å². The molecule has 0 aliphatic carbocycles. The highest BCUT2D eigenvalue weighted by molar-refractivity contribution is 7.17. The molecule has 0 fully saturated rings. The summed E-state index contributed by atoms with van der Waals surface area (Å²) < 4.78 is 13.8. The maximum Gasteiger partial charge on any atom is 0.124 e. The van der Waals surface area contributed by atoms with Crippen LogP contribution in [-0.4, -0.2) is 5.11 Å². The zero-order valence-electron chi connectivity index (χ0n) is 8.04. The van der Waals surface area contributed by atoms with Crippen LogP contribution in [0.2, 0.25) is 0 Å². The lowest BCUT2D eigenvalue weighted by Crippen LogP contribution is -2.14. The van der Waals surface area contributed by atoms with Crippen molar-refractivity contribution in [2.24, 2.45) is 0 Å². The van der Waals surface area contributed by atoms with Gasteiger partial charge in [0.1, 0.15) is 5.82 Å². The van der Waals surface area contributed by atoms with E-state index >= 15 is 0 Å². The van der Waals surface area contributed by atoms with E-state index in [0.717, 1.165) is 15.6 Å². The van der Waals surface area contributed by atoms with Crippen LogP contribution in [0.15, 0.2) is 23.6 Å². The number of halogens is 1. The quantitative estimate of drug-likeness (QED) is 0.766. The smallest absolute Gasteiger partial charge is 0.124 e. The zero-order valence-corrected chi connectivity index (χ0v) is 8.86. The molecule has 0 radical (unpaired) electrons. The largest absolute Gasteiger partial charge is 0.386 e. The first-order chi connectivity index (χ1) is 6.48. The molecule has 2 aromatic rings. The fraction of sp³-hybridized carbons (Fsp3) is 0.273. The molecule has 3 heteroatoms. The average Bonchev–Trinajstić information content (AvgIpc) is 2.45. The van der Waals surface area contributed by atoms with Gasteiger partial charge in [-0.3, -0.25) is 0 Å². The Labute approximate surface area is 85.8 Å². The lowest BCUT2D eigenvalue weighted by Gasteiger charge is -2.16. The predicted octanol–water partition coefficient (Wildman–Crippen LogP) is 3.27. The normalized spacial score (nSPS) is 12.3. The highest BCUT2D eigenvalue weighted by Gasteiger charge is 2.20. The van der Waals surface area contributed by atoms with Crippen LogP contribution in [0.5, 0.6) is 0 Å². The van der Waals surface area contributed by atoms with Crippen molar-refractivity contribution in [1.29, 1.82) is 0 Å². The van der Waals surface area contributed by atoms with Crippen molar-refractivity contribution in [3.63, 3.8) is 0 Å². The summed E-state index contributed by atoms with van der Waals surface area (Å²) in [5, 5.41) is 12.7. The Balaban J connectivity index is 2.70. The number of aliphatic hydroxyl groups is 1. The molecule has 1 N–H and O–H groups in total. The molecule has 1 aromatic carbocycles. The van der Waals surface area contributed by atoms with Gasteiger partial charge in [0.2, 0.25) is 0 Å². The fourth-order valence-corrected chi connectivity index (χ4v) is 2.62. The van der Waals surface area contributed by atoms with Crippen LogP contribution in [0.3, 0.4) is 0 Å². The number of thiophene rings is 1. The summed E-state index contributed by atoms with van der Waals surface area (Å²) in [7, 11) is 0. The van der Waals surface area contributed by atoms with Gasteiger partial charge in [-0.1, -0.05) is 6.07 Å². The first-order valence-electron chi connectivity index (χ1n) is 4.38. The van der Waals surface area contributed by atoms with E-state index in [4.69, 9.17) is 0 Å². The van der Waals surface area contributed by atoms with Crippen molar-refractivity contribution in [1.82, 2.24) is 0 Å². The van der Waals surface area contributed by atoms with Gasteiger partial charge in [-0.05, 0) is 36.7 Å². The molecule has 0 saturated heterocycles. The van der Waals surface area contributed by atoms with Crippen LogP contribution in [0, 0.1) is 5.82 Å². The lowest BCUT2D eigenvalue weighted by atomic mass is 9.98. The summed E-state index contributed by atoms with van der Waals surface area (Å²) in [4.78, 5) is 0. The number of fused-ring (bicyclic) bond motifs is 1. The molecular formula is C11H11FOS. The second kappa shape index (κ2) is 3.04. The molecule has 1 nitrogen and oxygen atoms in total. The van der Waals surface area contributed by atoms with Crippen LogP contribution in [0.1, 0.15) is 19.4 Å². The summed E-state index contributed by atoms with van der Waals surface area (Å²) in [6.07, 6.45) is 0. The first-order valence-corrected chi connectivity index (χ1v) is 5.26. The van der Waals surface area contributed by atoms with E-state index in [2.05, 4.69) is 0 Å². The summed E-state index contributed by atoms with van der Waals surface area (Å²) >= 11 is 1.45. The van der Waals surface area contributed by atoms with Gasteiger partial charge in [0, 0.05) is 10.3 Å². The first kappa shape index (κ1) is 9.62. The van der Waals surface area contributed by atoms with Gasteiger partial charge in [-0.2, -0.15) is 0 Å². The van der Waals surface area contributed by atoms with Gasteiger partial charge >= 0.3 is 0 Å². The Hall–Kier alpha value is -0.930. The number of benzene rings is 1. The maximum absolute atomic E-state index is 12.9. The fourth-order valence-electron chi connectivity index (χ4n) is 1.48. The lowest BCUT2D eigenvalue weighted by molar-refractivity contribution is 0.0806. The predicted molar refractivity (Wildman–Crippen MR) is 57.0 cm³/mol. The minimum Gasteiger partial charge on any atom is -0.386 e. The van der Waals surface area contributed by atoms with E-state index in [1.165, 1.54) is 23.5 Å². The second-order valence-electron chi connectivity index (χ2n) is 3.85.